The number of hydrogen-bond donors (Lipinski definition) is 1. The number of nitrogens with zero attached hydrogens (tertiary/aromatic N) is 1. The van der Waals surface area contributed by atoms with Crippen molar-refractivity contribution in [1.82, 2.24) is 0 Å². The highest BCUT2D eigenvalue weighted by molar-refractivity contribution is 5.54. The van der Waals surface area contributed by atoms with Crippen LogP contribution in [0.15, 0.2) is 18.2 Å². The topological polar surface area (TPSA) is 23.5 Å². The maximum absolute atomic E-state index is 13.1. The van der Waals surface area contributed by atoms with Crippen molar-refractivity contribution in [2.45, 2.75) is 40.3 Å². The number of halogens is 1. The van der Waals surface area contributed by atoms with Gasteiger partial charge in [-0.2, -0.15) is 0 Å². The van der Waals surface area contributed by atoms with E-state index >= 15 is 0 Å². The summed E-state index contributed by atoms with van der Waals surface area (Å²) < 4.78 is 13.1. The highest BCUT2D eigenvalue weighted by atomic mass is 19.1. The molecule has 0 fully saturated rings. The first-order valence-corrected chi connectivity index (χ1v) is 5.89. The van der Waals surface area contributed by atoms with Gasteiger partial charge in [0, 0.05) is 24.3 Å². The first-order chi connectivity index (χ1) is 7.77. The van der Waals surface area contributed by atoms with Gasteiger partial charge >= 0.3 is 0 Å². The van der Waals surface area contributed by atoms with E-state index in [1.165, 1.54) is 12.1 Å². The summed E-state index contributed by atoms with van der Waals surface area (Å²) in [6, 6.07) is 4.84. The Hall–Kier alpha value is -1.09. The van der Waals surface area contributed by atoms with Gasteiger partial charge in [-0.3, -0.25) is 0 Å². The molecule has 1 unspecified atom stereocenters. The van der Waals surface area contributed by atoms with Gasteiger partial charge in [0.2, 0.25) is 0 Å². The lowest BCUT2D eigenvalue weighted by molar-refractivity contribution is 0.279. The molecule has 1 atom stereocenters. The van der Waals surface area contributed by atoms with Crippen LogP contribution in [0.5, 0.6) is 0 Å². The van der Waals surface area contributed by atoms with E-state index in [1.807, 2.05) is 7.05 Å². The molecule has 0 aromatic heterocycles. The fraction of sp³-hybridized carbons (Fsp3) is 0.571. The Labute approximate surface area is 103 Å². The molecule has 0 saturated carbocycles. The fourth-order valence-corrected chi connectivity index (χ4v) is 1.81. The summed E-state index contributed by atoms with van der Waals surface area (Å²) in [7, 11) is 1.97. The first-order valence-electron chi connectivity index (χ1n) is 5.89. The Morgan fingerprint density at radius 3 is 2.41 bits per heavy atom. The summed E-state index contributed by atoms with van der Waals surface area (Å²) in [6.45, 7) is 8.47. The van der Waals surface area contributed by atoms with Crippen molar-refractivity contribution >= 4 is 5.69 Å². The molecule has 1 aromatic rings. The lowest BCUT2D eigenvalue weighted by Crippen LogP contribution is -2.39. The predicted octanol–water partition coefficient (Wildman–Crippen LogP) is 3.19. The van der Waals surface area contributed by atoms with Gasteiger partial charge in [0.25, 0.3) is 0 Å². The normalized spacial score (nSPS) is 13.6. The molecular formula is C14H22FNO. The summed E-state index contributed by atoms with van der Waals surface area (Å²) in [5.74, 6) is -0.311. The molecule has 1 rings (SSSR count). The van der Waals surface area contributed by atoms with Gasteiger partial charge < -0.3 is 10.0 Å². The quantitative estimate of drug-likeness (QED) is 0.875. The molecule has 0 heterocycles. The molecule has 3 heteroatoms. The highest BCUT2D eigenvalue weighted by Crippen LogP contribution is 2.29. The Morgan fingerprint density at radius 2 is 1.94 bits per heavy atom. The Balaban J connectivity index is 3.08. The SMILES string of the molecule is CC(N(C)c1ccc(F)cc1CO)C(C)(C)C. The van der Waals surface area contributed by atoms with Crippen LogP contribution >= 0.6 is 0 Å². The van der Waals surface area contributed by atoms with Gasteiger partial charge in [-0.25, -0.2) is 4.39 Å². The van der Waals surface area contributed by atoms with Crippen molar-refractivity contribution in [3.8, 4) is 0 Å². The van der Waals surface area contributed by atoms with E-state index < -0.39 is 0 Å². The van der Waals surface area contributed by atoms with Crippen LogP contribution in [0, 0.1) is 11.2 Å². The Morgan fingerprint density at radius 1 is 1.35 bits per heavy atom. The zero-order valence-corrected chi connectivity index (χ0v) is 11.3. The third-order valence-corrected chi connectivity index (χ3v) is 3.43. The third-order valence-electron chi connectivity index (χ3n) is 3.43. The third kappa shape index (κ3) is 3.19. The molecule has 0 saturated heterocycles. The van der Waals surface area contributed by atoms with Crippen LogP contribution in [0.25, 0.3) is 0 Å². The van der Waals surface area contributed by atoms with Crippen LogP contribution in [0.3, 0.4) is 0 Å². The minimum absolute atomic E-state index is 0.121. The lowest BCUT2D eigenvalue weighted by Gasteiger charge is -2.37. The van der Waals surface area contributed by atoms with Gasteiger partial charge in [0.05, 0.1) is 6.61 Å². The van der Waals surface area contributed by atoms with E-state index in [4.69, 9.17) is 0 Å². The van der Waals surface area contributed by atoms with Crippen LogP contribution in [0.1, 0.15) is 33.3 Å². The molecule has 1 aromatic carbocycles. The Bertz CT molecular complexity index is 384. The van der Waals surface area contributed by atoms with Crippen LogP contribution in [-0.4, -0.2) is 18.2 Å². The van der Waals surface area contributed by atoms with Gasteiger partial charge in [-0.1, -0.05) is 20.8 Å². The minimum Gasteiger partial charge on any atom is -0.392 e. The molecule has 0 bridgehead atoms. The van der Waals surface area contributed by atoms with Gasteiger partial charge in [0.1, 0.15) is 5.82 Å². The molecule has 0 amide bonds. The lowest BCUT2D eigenvalue weighted by atomic mass is 9.86. The molecule has 17 heavy (non-hydrogen) atoms. The van der Waals surface area contributed by atoms with Crippen molar-refractivity contribution < 1.29 is 9.50 Å². The molecule has 0 aliphatic rings. The van der Waals surface area contributed by atoms with Crippen molar-refractivity contribution in [3.05, 3.63) is 29.6 Å². The number of aliphatic hydroxyl groups is 1. The van der Waals surface area contributed by atoms with Crippen LogP contribution < -0.4 is 4.90 Å². The summed E-state index contributed by atoms with van der Waals surface area (Å²) in [4.78, 5) is 2.09. The maximum Gasteiger partial charge on any atom is 0.123 e. The highest BCUT2D eigenvalue weighted by Gasteiger charge is 2.25. The van der Waals surface area contributed by atoms with Crippen molar-refractivity contribution in [2.75, 3.05) is 11.9 Å². The van der Waals surface area contributed by atoms with Crippen molar-refractivity contribution in [2.24, 2.45) is 5.41 Å². The molecule has 96 valence electrons. The molecule has 0 spiro atoms. The summed E-state index contributed by atoms with van der Waals surface area (Å²) in [6.07, 6.45) is 0. The van der Waals surface area contributed by atoms with E-state index in [2.05, 4.69) is 32.6 Å². The molecule has 2 nitrogen and oxygen atoms in total. The monoisotopic (exact) mass is 239 g/mol. The van der Waals surface area contributed by atoms with Crippen LogP contribution in [0.4, 0.5) is 10.1 Å². The van der Waals surface area contributed by atoms with E-state index in [0.717, 1.165) is 5.69 Å². The van der Waals surface area contributed by atoms with E-state index in [9.17, 15) is 9.50 Å². The maximum atomic E-state index is 13.1. The molecular weight excluding hydrogens is 217 g/mol. The molecule has 0 aliphatic carbocycles. The van der Waals surface area contributed by atoms with Crippen LogP contribution in [-0.2, 0) is 6.61 Å². The standard InChI is InChI=1S/C14H22FNO/c1-10(14(2,3)4)16(5)13-7-6-12(15)8-11(13)9-17/h6-8,10,17H,9H2,1-5H3. The largest absolute Gasteiger partial charge is 0.392 e. The molecule has 1 N–H and O–H groups in total. The number of aliphatic hydroxyl groups excluding tert-OH is 1. The average Bonchev–Trinajstić information content (AvgIpc) is 2.25. The molecule has 0 aliphatic heterocycles. The second kappa shape index (κ2) is 5.05. The van der Waals surface area contributed by atoms with Gasteiger partial charge in [-0.05, 0) is 30.5 Å². The number of rotatable bonds is 3. The number of hydrogen-bond acceptors (Lipinski definition) is 2. The average molecular weight is 239 g/mol. The Kier molecular flexibility index (Phi) is 4.15. The van der Waals surface area contributed by atoms with Crippen molar-refractivity contribution in [1.29, 1.82) is 0 Å². The van der Waals surface area contributed by atoms with Crippen LogP contribution in [0.2, 0.25) is 0 Å². The van der Waals surface area contributed by atoms with Gasteiger partial charge in [-0.15, -0.1) is 0 Å². The zero-order valence-electron chi connectivity index (χ0n) is 11.3. The predicted molar refractivity (Wildman–Crippen MR) is 69.6 cm³/mol. The first kappa shape index (κ1) is 14.0. The summed E-state index contributed by atoms with van der Waals surface area (Å²) >= 11 is 0. The second-order valence-corrected chi connectivity index (χ2v) is 5.58. The van der Waals surface area contributed by atoms with E-state index in [-0.39, 0.29) is 17.8 Å². The van der Waals surface area contributed by atoms with Crippen molar-refractivity contribution in [3.63, 3.8) is 0 Å². The smallest absolute Gasteiger partial charge is 0.123 e. The second-order valence-electron chi connectivity index (χ2n) is 5.58. The summed E-state index contributed by atoms with van der Waals surface area (Å²) in [5.41, 5.74) is 1.63. The number of benzene rings is 1. The van der Waals surface area contributed by atoms with E-state index in [0.29, 0.717) is 11.6 Å². The molecule has 0 radical (unpaired) electrons. The summed E-state index contributed by atoms with van der Waals surface area (Å²) in [5, 5.41) is 9.28. The number of anilines is 1. The van der Waals surface area contributed by atoms with Gasteiger partial charge in [0.15, 0.2) is 0 Å². The minimum atomic E-state index is -0.311. The zero-order chi connectivity index (χ0) is 13.2. The van der Waals surface area contributed by atoms with E-state index in [1.54, 1.807) is 6.07 Å². The fourth-order valence-electron chi connectivity index (χ4n) is 1.81.